The molecule has 1 fully saturated rings. The molecule has 1 unspecified atom stereocenters. The van der Waals surface area contributed by atoms with Crippen molar-refractivity contribution >= 4 is 5.91 Å². The highest BCUT2D eigenvalue weighted by Gasteiger charge is 2.30. The first-order chi connectivity index (χ1) is 13.6. The fraction of sp³-hybridized carbons (Fsp3) is 0.250. The van der Waals surface area contributed by atoms with E-state index in [0.717, 1.165) is 12.1 Å². The van der Waals surface area contributed by atoms with Crippen molar-refractivity contribution in [1.82, 2.24) is 24.8 Å². The van der Waals surface area contributed by atoms with Crippen LogP contribution in [0.3, 0.4) is 0 Å². The Morgan fingerprint density at radius 2 is 2.11 bits per heavy atom. The predicted octanol–water partition coefficient (Wildman–Crippen LogP) is 3.14. The molecule has 3 aromatic rings. The van der Waals surface area contributed by atoms with Gasteiger partial charge in [0, 0.05) is 43.2 Å². The van der Waals surface area contributed by atoms with E-state index in [1.807, 2.05) is 6.92 Å². The second-order valence-electron chi connectivity index (χ2n) is 6.57. The molecule has 28 heavy (non-hydrogen) atoms. The molecule has 1 atom stereocenters. The van der Waals surface area contributed by atoms with Gasteiger partial charge in [0.2, 0.25) is 5.88 Å². The van der Waals surface area contributed by atoms with Crippen molar-refractivity contribution in [2.75, 3.05) is 13.1 Å². The molecule has 8 heteroatoms. The summed E-state index contributed by atoms with van der Waals surface area (Å²) in [6.07, 6.45) is 5.21. The number of ether oxygens (including phenoxy) is 1. The van der Waals surface area contributed by atoms with Gasteiger partial charge < -0.3 is 9.64 Å². The number of aromatic nitrogens is 4. The minimum Gasteiger partial charge on any atom is -0.436 e. The summed E-state index contributed by atoms with van der Waals surface area (Å²) in [5, 5.41) is 0. The van der Waals surface area contributed by atoms with Gasteiger partial charge in [0.1, 0.15) is 11.5 Å². The maximum absolute atomic E-state index is 13.9. The Hall–Kier alpha value is -3.42. The maximum Gasteiger partial charge on any atom is 0.274 e. The molecule has 1 saturated heterocycles. The maximum atomic E-state index is 13.9. The fourth-order valence-corrected chi connectivity index (χ4v) is 3.16. The molecule has 3 heterocycles. The zero-order chi connectivity index (χ0) is 19.5. The molecule has 0 aliphatic carbocycles. The Morgan fingerprint density at radius 3 is 2.89 bits per heavy atom. The van der Waals surface area contributed by atoms with Gasteiger partial charge in [-0.2, -0.15) is 4.98 Å². The first kappa shape index (κ1) is 18.0. The van der Waals surface area contributed by atoms with E-state index in [9.17, 15) is 9.18 Å². The highest BCUT2D eigenvalue weighted by atomic mass is 19.1. The third kappa shape index (κ3) is 3.80. The van der Waals surface area contributed by atoms with Crippen LogP contribution in [0.25, 0.3) is 0 Å². The van der Waals surface area contributed by atoms with Gasteiger partial charge in [-0.25, -0.2) is 14.4 Å². The van der Waals surface area contributed by atoms with Gasteiger partial charge in [0.05, 0.1) is 6.20 Å². The molecule has 7 nitrogen and oxygen atoms in total. The van der Waals surface area contributed by atoms with E-state index in [1.54, 1.807) is 29.2 Å². The molecule has 0 N–H and O–H groups in total. The number of hydrogen-bond donors (Lipinski definition) is 0. The van der Waals surface area contributed by atoms with Crippen LogP contribution in [0.4, 0.5) is 4.39 Å². The van der Waals surface area contributed by atoms with Crippen LogP contribution >= 0.6 is 0 Å². The average molecular weight is 379 g/mol. The third-order valence-corrected chi connectivity index (χ3v) is 4.52. The molecule has 1 aliphatic heterocycles. The Bertz CT molecular complexity index is 999. The SMILES string of the molecule is Cc1cc(Oc2ccccc2F)nc(C2CCN(C(=O)c3cnccn3)C2)n1. The first-order valence-electron chi connectivity index (χ1n) is 8.93. The van der Waals surface area contributed by atoms with Gasteiger partial charge in [-0.3, -0.25) is 9.78 Å². The molecule has 1 aromatic carbocycles. The predicted molar refractivity (Wildman–Crippen MR) is 98.5 cm³/mol. The van der Waals surface area contributed by atoms with Crippen LogP contribution in [0, 0.1) is 12.7 Å². The summed E-state index contributed by atoms with van der Waals surface area (Å²) in [4.78, 5) is 31.2. The van der Waals surface area contributed by atoms with Crippen molar-refractivity contribution in [3.63, 3.8) is 0 Å². The lowest BCUT2D eigenvalue weighted by atomic mass is 10.1. The number of benzene rings is 1. The highest BCUT2D eigenvalue weighted by molar-refractivity contribution is 5.92. The second kappa shape index (κ2) is 7.67. The number of carbonyl (C=O) groups is 1. The number of rotatable bonds is 4. The van der Waals surface area contributed by atoms with Gasteiger partial charge in [-0.15, -0.1) is 0 Å². The van der Waals surface area contributed by atoms with Crippen LogP contribution in [-0.2, 0) is 0 Å². The largest absolute Gasteiger partial charge is 0.436 e. The number of likely N-dealkylation sites (tertiary alicyclic amines) is 1. The zero-order valence-corrected chi connectivity index (χ0v) is 15.2. The fourth-order valence-electron chi connectivity index (χ4n) is 3.16. The molecular formula is C20H18FN5O2. The summed E-state index contributed by atoms with van der Waals surface area (Å²) in [6.45, 7) is 2.90. The Morgan fingerprint density at radius 1 is 1.25 bits per heavy atom. The van der Waals surface area contributed by atoms with E-state index in [2.05, 4.69) is 19.9 Å². The van der Waals surface area contributed by atoms with E-state index in [4.69, 9.17) is 4.74 Å². The number of hydrogen-bond acceptors (Lipinski definition) is 6. The molecule has 0 radical (unpaired) electrons. The molecule has 0 saturated carbocycles. The quantitative estimate of drug-likeness (QED) is 0.693. The van der Waals surface area contributed by atoms with E-state index < -0.39 is 5.82 Å². The van der Waals surface area contributed by atoms with Crippen LogP contribution in [0.15, 0.2) is 48.9 Å². The summed E-state index contributed by atoms with van der Waals surface area (Å²) >= 11 is 0. The molecule has 0 spiro atoms. The van der Waals surface area contributed by atoms with Gasteiger partial charge in [0.15, 0.2) is 11.6 Å². The van der Waals surface area contributed by atoms with Crippen molar-refractivity contribution < 1.29 is 13.9 Å². The van der Waals surface area contributed by atoms with Crippen LogP contribution in [0.1, 0.15) is 34.3 Å². The van der Waals surface area contributed by atoms with Crippen molar-refractivity contribution in [1.29, 1.82) is 0 Å². The van der Waals surface area contributed by atoms with E-state index in [-0.39, 0.29) is 23.5 Å². The van der Waals surface area contributed by atoms with Gasteiger partial charge in [0.25, 0.3) is 5.91 Å². The molecule has 142 valence electrons. The number of para-hydroxylation sites is 1. The lowest BCUT2D eigenvalue weighted by Gasteiger charge is -2.16. The van der Waals surface area contributed by atoms with Crippen molar-refractivity contribution in [2.24, 2.45) is 0 Å². The standard InChI is InChI=1S/C20H18FN5O2/c1-13-10-18(28-17-5-3-2-4-15(17)21)25-19(24-13)14-6-9-26(12-14)20(27)16-11-22-7-8-23-16/h2-5,7-8,10-11,14H,6,9,12H2,1H3. The monoisotopic (exact) mass is 379 g/mol. The molecule has 2 aromatic heterocycles. The molecule has 1 aliphatic rings. The zero-order valence-electron chi connectivity index (χ0n) is 15.2. The van der Waals surface area contributed by atoms with Crippen molar-refractivity contribution in [3.8, 4) is 11.6 Å². The Kier molecular flexibility index (Phi) is 4.92. The molecule has 0 bridgehead atoms. The number of carbonyl (C=O) groups excluding carboxylic acids is 1. The first-order valence-corrected chi connectivity index (χ1v) is 8.93. The highest BCUT2D eigenvalue weighted by Crippen LogP contribution is 2.29. The number of amides is 1. The van der Waals surface area contributed by atoms with Crippen LogP contribution in [-0.4, -0.2) is 43.8 Å². The lowest BCUT2D eigenvalue weighted by Crippen LogP contribution is -2.29. The van der Waals surface area contributed by atoms with Crippen LogP contribution in [0.5, 0.6) is 11.6 Å². The van der Waals surface area contributed by atoms with Crippen LogP contribution < -0.4 is 4.74 Å². The summed E-state index contributed by atoms with van der Waals surface area (Å²) in [5.41, 5.74) is 1.03. The Labute approximate surface area is 161 Å². The average Bonchev–Trinajstić information content (AvgIpc) is 3.20. The van der Waals surface area contributed by atoms with Gasteiger partial charge in [-0.05, 0) is 25.5 Å². The van der Waals surface area contributed by atoms with Crippen molar-refractivity contribution in [3.05, 3.63) is 72.0 Å². The van der Waals surface area contributed by atoms with Crippen LogP contribution in [0.2, 0.25) is 0 Å². The molecular weight excluding hydrogens is 361 g/mol. The minimum atomic E-state index is -0.457. The number of aryl methyl sites for hydroxylation is 1. The van der Waals surface area contributed by atoms with Gasteiger partial charge >= 0.3 is 0 Å². The molecule has 1 amide bonds. The smallest absolute Gasteiger partial charge is 0.274 e. The summed E-state index contributed by atoms with van der Waals surface area (Å²) in [7, 11) is 0. The number of nitrogens with zero attached hydrogens (tertiary/aromatic N) is 5. The second-order valence-corrected chi connectivity index (χ2v) is 6.57. The number of halogens is 1. The summed E-state index contributed by atoms with van der Waals surface area (Å²) in [6, 6.07) is 7.83. The minimum absolute atomic E-state index is 0.0245. The van der Waals surface area contributed by atoms with Crippen molar-refractivity contribution in [2.45, 2.75) is 19.3 Å². The summed E-state index contributed by atoms with van der Waals surface area (Å²) < 4.78 is 19.5. The normalized spacial score (nSPS) is 16.2. The Balaban J connectivity index is 1.51. The lowest BCUT2D eigenvalue weighted by molar-refractivity contribution is 0.0784. The van der Waals surface area contributed by atoms with Gasteiger partial charge in [-0.1, -0.05) is 12.1 Å². The summed E-state index contributed by atoms with van der Waals surface area (Å²) in [5.74, 6) is 0.334. The molecule has 4 rings (SSSR count). The van der Waals surface area contributed by atoms with E-state index in [0.29, 0.717) is 24.6 Å². The third-order valence-electron chi connectivity index (χ3n) is 4.52. The van der Waals surface area contributed by atoms with E-state index in [1.165, 1.54) is 24.7 Å². The van der Waals surface area contributed by atoms with E-state index >= 15 is 0 Å². The topological polar surface area (TPSA) is 81.1 Å².